The van der Waals surface area contributed by atoms with E-state index in [2.05, 4.69) is 37.7 Å². The summed E-state index contributed by atoms with van der Waals surface area (Å²) in [5.74, 6) is 2.70. The van der Waals surface area contributed by atoms with Gasteiger partial charge in [-0.2, -0.15) is 0 Å². The number of ketones is 2. The molecule has 228 valence electrons. The summed E-state index contributed by atoms with van der Waals surface area (Å²) in [6.45, 7) is 10.8. The van der Waals surface area contributed by atoms with E-state index in [9.17, 15) is 14.4 Å². The molecule has 0 saturated heterocycles. The first-order valence-corrected chi connectivity index (χ1v) is 16.4. The highest BCUT2D eigenvalue weighted by Crippen LogP contribution is 2.67. The highest BCUT2D eigenvalue weighted by Gasteiger charge is 2.61. The first-order chi connectivity index (χ1) is 19.4. The minimum absolute atomic E-state index is 0.0714. The Balaban J connectivity index is 1.23. The van der Waals surface area contributed by atoms with Crippen LogP contribution < -0.4 is 5.73 Å². The summed E-state index contributed by atoms with van der Waals surface area (Å²) in [6, 6.07) is -0.555. The van der Waals surface area contributed by atoms with Crippen LogP contribution in [0.1, 0.15) is 111 Å². The molecular formula is C34H53N3O4. The van der Waals surface area contributed by atoms with Crippen molar-refractivity contribution in [2.75, 3.05) is 0 Å². The molecule has 1 aromatic heterocycles. The van der Waals surface area contributed by atoms with Crippen molar-refractivity contribution in [3.05, 3.63) is 18.2 Å². The van der Waals surface area contributed by atoms with E-state index < -0.39 is 12.0 Å². The van der Waals surface area contributed by atoms with E-state index in [4.69, 9.17) is 10.5 Å². The van der Waals surface area contributed by atoms with Crippen molar-refractivity contribution in [3.8, 4) is 0 Å². The van der Waals surface area contributed by atoms with Crippen LogP contribution in [0.25, 0.3) is 0 Å². The lowest BCUT2D eigenvalue weighted by Crippen LogP contribution is -2.54. The summed E-state index contributed by atoms with van der Waals surface area (Å²) in [5, 5.41) is 0. The van der Waals surface area contributed by atoms with Gasteiger partial charge in [-0.05, 0) is 112 Å². The van der Waals surface area contributed by atoms with Crippen LogP contribution in [0.3, 0.4) is 0 Å². The van der Waals surface area contributed by atoms with Gasteiger partial charge in [0.05, 0.1) is 18.3 Å². The smallest absolute Gasteiger partial charge is 0.310 e. The van der Waals surface area contributed by atoms with Gasteiger partial charge in [0.25, 0.3) is 0 Å². The van der Waals surface area contributed by atoms with E-state index in [-0.39, 0.29) is 41.0 Å². The second kappa shape index (κ2) is 11.9. The Hall–Kier alpha value is -2.02. The van der Waals surface area contributed by atoms with Gasteiger partial charge < -0.3 is 15.5 Å². The Morgan fingerprint density at radius 3 is 2.46 bits per heavy atom. The zero-order valence-electron chi connectivity index (χ0n) is 26.0. The third-order valence-corrected chi connectivity index (χ3v) is 12.3. The number of Topliss-reactive ketones (excluding diaryl/α,β-unsaturated/α-hetero) is 2. The first-order valence-electron chi connectivity index (χ1n) is 16.4. The van der Waals surface area contributed by atoms with Crippen molar-refractivity contribution in [2.24, 2.45) is 58.0 Å². The molecule has 0 unspecified atom stereocenters. The van der Waals surface area contributed by atoms with Crippen molar-refractivity contribution in [1.29, 1.82) is 0 Å². The molecule has 7 nitrogen and oxygen atoms in total. The first kappa shape index (κ1) is 30.4. The highest BCUT2D eigenvalue weighted by molar-refractivity contribution is 5.88. The second-order valence-corrected chi connectivity index (χ2v) is 15.2. The zero-order chi connectivity index (χ0) is 29.5. The Labute approximate surface area is 246 Å². The third kappa shape index (κ3) is 5.94. The molecule has 0 radical (unpaired) electrons. The molecule has 3 N–H and O–H groups in total. The van der Waals surface area contributed by atoms with Crippen molar-refractivity contribution >= 4 is 17.5 Å². The van der Waals surface area contributed by atoms with Crippen molar-refractivity contribution < 1.29 is 19.1 Å². The SMILES string of the molecule is CC(=O)[C@H]1CC[C@H]2[C@@H]3CC[C@H]4C[C@H](OC(=O)[C@@H](CC(=O)[C@@H](N)CC(C)C)Cc5cnc[nH]5)CC[C@]4(C)[C@H]3CC[C@]12C. The van der Waals surface area contributed by atoms with Gasteiger partial charge in [-0.15, -0.1) is 0 Å². The predicted octanol–water partition coefficient (Wildman–Crippen LogP) is 6.06. The van der Waals surface area contributed by atoms with E-state index in [0.717, 1.165) is 37.3 Å². The van der Waals surface area contributed by atoms with Gasteiger partial charge in [-0.25, -0.2) is 4.98 Å². The molecule has 4 aliphatic carbocycles. The van der Waals surface area contributed by atoms with Gasteiger partial charge in [0, 0.05) is 30.7 Å². The number of carbonyl (C=O) groups is 3. The minimum atomic E-state index is -0.558. The Morgan fingerprint density at radius 2 is 1.78 bits per heavy atom. The standard InChI is InChI=1S/C34H53N3O4/c1-20(2)14-30(35)31(39)16-22(15-24-18-36-19-37-24)32(40)41-25-10-12-33(4)23(17-25)6-7-26-28-9-8-27(21(3)38)34(28,5)13-11-29(26)33/h18-20,22-23,25-30H,6-17,35H2,1-5H3,(H,36,37)/t22-,23+,25-,26+,27-,28+,29+,30+,33+,34-/m1/s1. The number of rotatable bonds is 10. The number of ether oxygens (including phenoxy) is 1. The Bertz CT molecular complexity index is 1100. The average molecular weight is 568 g/mol. The van der Waals surface area contributed by atoms with E-state index in [1.807, 2.05) is 0 Å². The fourth-order valence-corrected chi connectivity index (χ4v) is 10.2. The summed E-state index contributed by atoms with van der Waals surface area (Å²) in [6.07, 6.45) is 14.3. The number of nitrogens with two attached hydrogens (primary N) is 1. The lowest BCUT2D eigenvalue weighted by Gasteiger charge is -2.61. The molecule has 5 rings (SSSR count). The van der Waals surface area contributed by atoms with Crippen LogP contribution in [0.15, 0.2) is 12.5 Å². The molecule has 4 fully saturated rings. The lowest BCUT2D eigenvalue weighted by atomic mass is 9.44. The summed E-state index contributed by atoms with van der Waals surface area (Å²) < 4.78 is 6.22. The number of esters is 1. The van der Waals surface area contributed by atoms with Gasteiger partial charge in [0.1, 0.15) is 17.7 Å². The molecule has 7 heteroatoms. The van der Waals surface area contributed by atoms with Gasteiger partial charge in [-0.1, -0.05) is 27.7 Å². The second-order valence-electron chi connectivity index (χ2n) is 15.2. The van der Waals surface area contributed by atoms with E-state index >= 15 is 0 Å². The van der Waals surface area contributed by atoms with Gasteiger partial charge in [-0.3, -0.25) is 14.4 Å². The number of aromatic amines is 1. The number of imidazole rings is 1. The number of H-pyrrole nitrogens is 1. The average Bonchev–Trinajstić information content (AvgIpc) is 3.55. The van der Waals surface area contributed by atoms with Gasteiger partial charge in [0.2, 0.25) is 0 Å². The molecular weight excluding hydrogens is 514 g/mol. The molecule has 1 aromatic rings. The number of hydrogen-bond acceptors (Lipinski definition) is 6. The van der Waals surface area contributed by atoms with Crippen LogP contribution in [0.5, 0.6) is 0 Å². The Morgan fingerprint density at radius 1 is 1.05 bits per heavy atom. The van der Waals surface area contributed by atoms with E-state index in [0.29, 0.717) is 42.3 Å². The number of nitrogens with zero attached hydrogens (tertiary/aromatic N) is 1. The molecule has 41 heavy (non-hydrogen) atoms. The number of carbonyl (C=O) groups excluding carboxylic acids is 3. The largest absolute Gasteiger partial charge is 0.462 e. The molecule has 4 aliphatic rings. The number of fused-ring (bicyclic) bond motifs is 5. The van der Waals surface area contributed by atoms with E-state index in [1.165, 1.54) is 32.1 Å². The summed E-state index contributed by atoms with van der Waals surface area (Å²) in [4.78, 5) is 46.2. The monoisotopic (exact) mass is 567 g/mol. The van der Waals surface area contributed by atoms with Crippen LogP contribution in [-0.4, -0.2) is 39.6 Å². The van der Waals surface area contributed by atoms with Gasteiger partial charge in [0.15, 0.2) is 0 Å². The molecule has 0 bridgehead atoms. The predicted molar refractivity (Wildman–Crippen MR) is 159 cm³/mol. The Kier molecular flexibility index (Phi) is 8.86. The van der Waals surface area contributed by atoms with Crippen LogP contribution in [0, 0.1) is 52.3 Å². The minimum Gasteiger partial charge on any atom is -0.462 e. The number of aromatic nitrogens is 2. The molecule has 0 aromatic carbocycles. The molecule has 0 spiro atoms. The van der Waals surface area contributed by atoms with E-state index in [1.54, 1.807) is 19.4 Å². The summed E-state index contributed by atoms with van der Waals surface area (Å²) in [5.41, 5.74) is 7.47. The molecule has 1 heterocycles. The third-order valence-electron chi connectivity index (χ3n) is 12.3. The molecule has 0 aliphatic heterocycles. The maximum atomic E-state index is 13.6. The fraction of sp³-hybridized carbons (Fsp3) is 0.824. The summed E-state index contributed by atoms with van der Waals surface area (Å²) >= 11 is 0. The quantitative estimate of drug-likeness (QED) is 0.332. The highest BCUT2D eigenvalue weighted by atomic mass is 16.5. The fourth-order valence-electron chi connectivity index (χ4n) is 10.2. The van der Waals surface area contributed by atoms with Gasteiger partial charge >= 0.3 is 5.97 Å². The molecule has 10 atom stereocenters. The lowest BCUT2D eigenvalue weighted by molar-refractivity contribution is -0.167. The van der Waals surface area contributed by atoms with Crippen LogP contribution in [-0.2, 0) is 25.5 Å². The zero-order valence-corrected chi connectivity index (χ0v) is 26.0. The number of nitrogens with one attached hydrogen (secondary N) is 1. The normalized spacial score (nSPS) is 37.9. The van der Waals surface area contributed by atoms with Crippen LogP contribution >= 0.6 is 0 Å². The molecule has 4 saturated carbocycles. The van der Waals surface area contributed by atoms with Crippen LogP contribution in [0.2, 0.25) is 0 Å². The summed E-state index contributed by atoms with van der Waals surface area (Å²) in [7, 11) is 0. The topological polar surface area (TPSA) is 115 Å². The maximum Gasteiger partial charge on any atom is 0.310 e. The molecule has 0 amide bonds. The van der Waals surface area contributed by atoms with Crippen molar-refractivity contribution in [1.82, 2.24) is 9.97 Å². The van der Waals surface area contributed by atoms with Crippen molar-refractivity contribution in [2.45, 2.75) is 124 Å². The number of hydrogen-bond donors (Lipinski definition) is 2. The van der Waals surface area contributed by atoms with Crippen molar-refractivity contribution in [3.63, 3.8) is 0 Å². The maximum absolute atomic E-state index is 13.6. The van der Waals surface area contributed by atoms with Crippen LogP contribution in [0.4, 0.5) is 0 Å².